The summed E-state index contributed by atoms with van der Waals surface area (Å²) in [5, 5.41) is 12.1. The molecule has 2 N–H and O–H groups in total. The molecule has 17 heavy (non-hydrogen) atoms. The molecule has 90 valence electrons. The van der Waals surface area contributed by atoms with Gasteiger partial charge in [-0.2, -0.15) is 0 Å². The molecule has 2 saturated heterocycles. The van der Waals surface area contributed by atoms with E-state index in [9.17, 15) is 4.79 Å². The topological polar surface area (TPSA) is 71.5 Å². The van der Waals surface area contributed by atoms with Crippen molar-refractivity contribution in [3.05, 3.63) is 23.9 Å². The van der Waals surface area contributed by atoms with E-state index in [2.05, 4.69) is 10.3 Å². The SMILES string of the molecule is O=C(O)c1ccc(NC2CC3CCC2O3)nc1. The van der Waals surface area contributed by atoms with Crippen LogP contribution in [-0.4, -0.2) is 34.3 Å². The number of carboxylic acid groups (broad SMARTS) is 1. The number of hydrogen-bond donors (Lipinski definition) is 2. The van der Waals surface area contributed by atoms with Gasteiger partial charge in [-0.3, -0.25) is 0 Å². The summed E-state index contributed by atoms with van der Waals surface area (Å²) in [5.74, 6) is -0.233. The van der Waals surface area contributed by atoms with Crippen LogP contribution in [0.4, 0.5) is 5.82 Å². The van der Waals surface area contributed by atoms with Gasteiger partial charge >= 0.3 is 5.97 Å². The number of ether oxygens (including phenoxy) is 1. The van der Waals surface area contributed by atoms with Gasteiger partial charge in [0, 0.05) is 6.20 Å². The van der Waals surface area contributed by atoms with Crippen molar-refractivity contribution in [2.75, 3.05) is 5.32 Å². The largest absolute Gasteiger partial charge is 0.478 e. The summed E-state index contributed by atoms with van der Waals surface area (Å²) in [5.41, 5.74) is 0.208. The zero-order valence-corrected chi connectivity index (χ0v) is 9.30. The second-order valence-electron chi connectivity index (χ2n) is 4.60. The molecular formula is C12H14N2O3. The van der Waals surface area contributed by atoms with Gasteiger partial charge in [0.2, 0.25) is 0 Å². The molecule has 2 fully saturated rings. The van der Waals surface area contributed by atoms with Crippen molar-refractivity contribution in [1.82, 2.24) is 4.98 Å². The summed E-state index contributed by atoms with van der Waals surface area (Å²) in [6, 6.07) is 3.58. The maximum absolute atomic E-state index is 10.7. The first kappa shape index (κ1) is 10.5. The lowest BCUT2D eigenvalue weighted by atomic mass is 9.95. The van der Waals surface area contributed by atoms with Crippen LogP contribution in [0.5, 0.6) is 0 Å². The minimum atomic E-state index is -0.952. The number of nitrogens with zero attached hydrogens (tertiary/aromatic N) is 1. The lowest BCUT2D eigenvalue weighted by Crippen LogP contribution is -2.30. The molecule has 0 aromatic carbocycles. The van der Waals surface area contributed by atoms with Crippen molar-refractivity contribution >= 4 is 11.8 Å². The Morgan fingerprint density at radius 3 is 2.88 bits per heavy atom. The lowest BCUT2D eigenvalue weighted by Gasteiger charge is -2.20. The van der Waals surface area contributed by atoms with E-state index in [-0.39, 0.29) is 5.56 Å². The summed E-state index contributed by atoms with van der Waals surface area (Å²) in [6.45, 7) is 0. The zero-order chi connectivity index (χ0) is 11.8. The van der Waals surface area contributed by atoms with Gasteiger partial charge in [-0.15, -0.1) is 0 Å². The number of carbonyl (C=O) groups is 1. The predicted octanol–water partition coefficient (Wildman–Crippen LogP) is 1.51. The van der Waals surface area contributed by atoms with Gasteiger partial charge in [0.15, 0.2) is 0 Å². The number of hydrogen-bond acceptors (Lipinski definition) is 4. The Hall–Kier alpha value is -1.62. The number of fused-ring (bicyclic) bond motifs is 2. The monoisotopic (exact) mass is 234 g/mol. The van der Waals surface area contributed by atoms with Crippen LogP contribution in [0.15, 0.2) is 18.3 Å². The second-order valence-corrected chi connectivity index (χ2v) is 4.60. The molecule has 5 heteroatoms. The van der Waals surface area contributed by atoms with Crippen molar-refractivity contribution < 1.29 is 14.6 Å². The normalized spacial score (nSPS) is 30.5. The van der Waals surface area contributed by atoms with E-state index < -0.39 is 5.97 Å². The number of anilines is 1. The average molecular weight is 234 g/mol. The molecule has 3 unspecified atom stereocenters. The van der Waals surface area contributed by atoms with Gasteiger partial charge in [-0.05, 0) is 31.4 Å². The van der Waals surface area contributed by atoms with Gasteiger partial charge < -0.3 is 15.2 Å². The number of pyridine rings is 1. The van der Waals surface area contributed by atoms with Crippen molar-refractivity contribution in [2.45, 2.75) is 37.5 Å². The second kappa shape index (κ2) is 4.00. The summed E-state index contributed by atoms with van der Waals surface area (Å²) >= 11 is 0. The summed E-state index contributed by atoms with van der Waals surface area (Å²) < 4.78 is 5.73. The Bertz CT molecular complexity index is 432. The van der Waals surface area contributed by atoms with Crippen LogP contribution in [0.2, 0.25) is 0 Å². The first-order valence-electron chi connectivity index (χ1n) is 5.84. The Labute approximate surface area is 98.8 Å². The zero-order valence-electron chi connectivity index (χ0n) is 9.30. The highest BCUT2D eigenvalue weighted by molar-refractivity contribution is 5.87. The molecule has 0 aliphatic carbocycles. The molecule has 0 amide bonds. The number of aromatic nitrogens is 1. The molecule has 1 aromatic rings. The third-order valence-electron chi connectivity index (χ3n) is 3.45. The molecule has 5 nitrogen and oxygen atoms in total. The van der Waals surface area contributed by atoms with Crippen LogP contribution in [0, 0.1) is 0 Å². The molecule has 1 aromatic heterocycles. The Morgan fingerprint density at radius 1 is 1.47 bits per heavy atom. The predicted molar refractivity (Wildman–Crippen MR) is 61.1 cm³/mol. The molecule has 3 rings (SSSR count). The third kappa shape index (κ3) is 1.98. The molecular weight excluding hydrogens is 220 g/mol. The van der Waals surface area contributed by atoms with Crippen molar-refractivity contribution in [2.24, 2.45) is 0 Å². The first-order chi connectivity index (χ1) is 8.22. The van der Waals surface area contributed by atoms with Crippen LogP contribution in [0.25, 0.3) is 0 Å². The molecule has 3 atom stereocenters. The van der Waals surface area contributed by atoms with E-state index in [1.54, 1.807) is 12.1 Å². The molecule has 2 aliphatic heterocycles. The Balaban J connectivity index is 1.67. The molecule has 3 heterocycles. The fraction of sp³-hybridized carbons (Fsp3) is 0.500. The van der Waals surface area contributed by atoms with Crippen LogP contribution < -0.4 is 5.32 Å². The standard InChI is InChI=1S/C12H14N2O3/c15-12(16)7-1-4-11(13-6-7)14-9-5-8-2-3-10(9)17-8/h1,4,6,8-10H,2-3,5H2,(H,13,14)(H,15,16). The fourth-order valence-corrected chi connectivity index (χ4v) is 2.59. The molecule has 2 aliphatic rings. The van der Waals surface area contributed by atoms with Crippen LogP contribution in [0.1, 0.15) is 29.6 Å². The lowest BCUT2D eigenvalue weighted by molar-refractivity contribution is 0.0696. The maximum atomic E-state index is 10.7. The smallest absolute Gasteiger partial charge is 0.337 e. The maximum Gasteiger partial charge on any atom is 0.337 e. The summed E-state index contributed by atoms with van der Waals surface area (Å²) in [4.78, 5) is 14.8. The van der Waals surface area contributed by atoms with Crippen molar-refractivity contribution in [3.63, 3.8) is 0 Å². The van der Waals surface area contributed by atoms with E-state index in [0.29, 0.717) is 18.2 Å². The van der Waals surface area contributed by atoms with E-state index in [1.807, 2.05) is 0 Å². The molecule has 0 saturated carbocycles. The van der Waals surface area contributed by atoms with E-state index >= 15 is 0 Å². The first-order valence-corrected chi connectivity index (χ1v) is 5.84. The van der Waals surface area contributed by atoms with Crippen molar-refractivity contribution in [1.29, 1.82) is 0 Å². The van der Waals surface area contributed by atoms with Crippen molar-refractivity contribution in [3.8, 4) is 0 Å². The minimum Gasteiger partial charge on any atom is -0.478 e. The van der Waals surface area contributed by atoms with Gasteiger partial charge in [-0.1, -0.05) is 0 Å². The molecule has 2 bridgehead atoms. The summed E-state index contributed by atoms with van der Waals surface area (Å²) in [6.07, 6.45) is 5.35. The van der Waals surface area contributed by atoms with E-state index in [1.165, 1.54) is 6.20 Å². The highest BCUT2D eigenvalue weighted by atomic mass is 16.5. The number of nitrogens with one attached hydrogen (secondary N) is 1. The van der Waals surface area contributed by atoms with Gasteiger partial charge in [-0.25, -0.2) is 9.78 Å². The fourth-order valence-electron chi connectivity index (χ4n) is 2.59. The number of aromatic carboxylic acids is 1. The highest BCUT2D eigenvalue weighted by Gasteiger charge is 2.40. The minimum absolute atomic E-state index is 0.208. The van der Waals surface area contributed by atoms with E-state index in [4.69, 9.17) is 9.84 Å². The van der Waals surface area contributed by atoms with Crippen LogP contribution >= 0.6 is 0 Å². The molecule has 0 radical (unpaired) electrons. The number of carboxylic acids is 1. The Morgan fingerprint density at radius 2 is 2.35 bits per heavy atom. The quantitative estimate of drug-likeness (QED) is 0.829. The Kier molecular flexibility index (Phi) is 2.48. The van der Waals surface area contributed by atoms with Gasteiger partial charge in [0.05, 0.1) is 23.8 Å². The third-order valence-corrected chi connectivity index (χ3v) is 3.45. The summed E-state index contributed by atoms with van der Waals surface area (Å²) in [7, 11) is 0. The van der Waals surface area contributed by atoms with E-state index in [0.717, 1.165) is 25.1 Å². The average Bonchev–Trinajstić information content (AvgIpc) is 2.91. The van der Waals surface area contributed by atoms with Crippen LogP contribution in [-0.2, 0) is 4.74 Å². The highest BCUT2D eigenvalue weighted by Crippen LogP contribution is 2.35. The van der Waals surface area contributed by atoms with Gasteiger partial charge in [0.1, 0.15) is 5.82 Å². The van der Waals surface area contributed by atoms with Gasteiger partial charge in [0.25, 0.3) is 0 Å². The number of rotatable bonds is 3. The molecule has 0 spiro atoms. The van der Waals surface area contributed by atoms with Crippen LogP contribution in [0.3, 0.4) is 0 Å².